The van der Waals surface area contributed by atoms with E-state index in [1.54, 1.807) is 0 Å². The van der Waals surface area contributed by atoms with Gasteiger partial charge in [-0.15, -0.1) is 0 Å². The van der Waals surface area contributed by atoms with E-state index in [9.17, 15) is 0 Å². The molecule has 0 spiro atoms. The molecule has 0 aliphatic carbocycles. The van der Waals surface area contributed by atoms with E-state index in [1.807, 2.05) is 0 Å². The monoisotopic (exact) mass is 8850 g/mol. The van der Waals surface area contributed by atoms with Crippen LogP contribution in [0.4, 0.5) is 0 Å². The van der Waals surface area contributed by atoms with Crippen LogP contribution in [-0.2, 0) is 3240 Å². The van der Waals surface area contributed by atoms with E-state index in [4.69, 9.17) is 0 Å². The molecule has 0 bridgehead atoms. The fraction of sp³-hybridized carbons (Fsp3) is 0. The van der Waals surface area contributed by atoms with Crippen molar-refractivity contribution in [2.75, 3.05) is 0 Å². The van der Waals surface area contributed by atoms with Crippen molar-refractivity contribution in [3.63, 3.8) is 0 Å². The van der Waals surface area contributed by atoms with E-state index in [1.165, 1.54) is 0 Å². The Kier molecular flexibility index (Phi) is 5910. The Labute approximate surface area is 3130 Å². The molecule has 0 saturated heterocycles. The smallest absolute Gasteiger partial charge is 0 e. The van der Waals surface area contributed by atoms with Crippen molar-refractivity contribution in [3.8, 4) is 0 Å². The average molecular weight is 8850 g/mol. The fourth-order valence-corrected chi connectivity index (χ4v) is 0. The second-order valence-corrected chi connectivity index (χ2v) is 0. The number of hydrogen-bond donors (Lipinski definition) is 0. The van der Waals surface area contributed by atoms with E-state index < -0.39 is 0 Å². The van der Waals surface area contributed by atoms with Crippen molar-refractivity contribution < 1.29 is 3240 Å². The van der Waals surface area contributed by atoms with Crippen molar-refractivity contribution in [2.24, 2.45) is 0 Å². The average Bonchev–Trinajstić information content (AvgIpc) is 0. The van der Waals surface area contributed by atoms with Gasteiger partial charge in [0.1, 0.15) is 0 Å². The van der Waals surface area contributed by atoms with Gasteiger partial charge < -0.3 is 22.3 Å². The van der Waals surface area contributed by atoms with Crippen LogP contribution in [0.15, 0.2) is 0 Å². The van der Waals surface area contributed by atoms with Crippen molar-refractivity contribution in [3.05, 3.63) is 22.3 Å². The van der Waals surface area contributed by atoms with Crippen LogP contribution in [0.3, 0.4) is 0 Å². The maximum Gasteiger partial charge on any atom is 0 e. The maximum atomic E-state index is 0. The Morgan fingerprint density at radius 3 is 0.0196 bits per heavy atom. The first-order chi connectivity index (χ1) is 0. The maximum absolute atomic E-state index is 0. The molecule has 0 N–H and O–H groups in total. The Bertz CT molecular complexity index is 19.5. The first kappa shape index (κ1) is 782. The van der Waals surface area contributed by atoms with E-state index in [2.05, 4.69) is 0 Å². The molecule has 0 atom stereocenters. The molecular formula is C3H9Y99-3. The van der Waals surface area contributed by atoms with E-state index in [0.29, 0.717) is 0 Å². The quantitative estimate of drug-likeness (QED) is 0.320. The summed E-state index contributed by atoms with van der Waals surface area (Å²) in [5, 5.41) is 0. The molecule has 0 aromatic heterocycles. The molecule has 0 nitrogen and oxygen atoms in total. The van der Waals surface area contributed by atoms with Crippen molar-refractivity contribution >= 4 is 0 Å². The predicted molar refractivity (Wildman–Crippen MR) is 19.2 cm³/mol. The Balaban J connectivity index is 0. The van der Waals surface area contributed by atoms with Crippen LogP contribution in [0.1, 0.15) is 0 Å². The van der Waals surface area contributed by atoms with Crippen molar-refractivity contribution in [1.82, 2.24) is 0 Å². The van der Waals surface area contributed by atoms with Gasteiger partial charge in [0.2, 0.25) is 0 Å². The second kappa shape index (κ2) is 771. The topological polar surface area (TPSA) is 0 Å². The van der Waals surface area contributed by atoms with Crippen LogP contribution in [0.25, 0.3) is 0 Å². The molecule has 0 rings (SSSR count). The molecule has 0 amide bonds. The van der Waals surface area contributed by atoms with E-state index >= 15 is 0 Å². The third kappa shape index (κ3) is 760. The van der Waals surface area contributed by atoms with Gasteiger partial charge in [-0.2, -0.15) is 0 Å². The van der Waals surface area contributed by atoms with Gasteiger partial charge in [-0.05, 0) is 0 Å². The van der Waals surface area contributed by atoms with Gasteiger partial charge in [0.15, 0.2) is 0 Å². The molecule has 0 aliphatic rings. The third-order valence-electron chi connectivity index (χ3n) is 0. The summed E-state index contributed by atoms with van der Waals surface area (Å²) >= 11 is 0. The summed E-state index contributed by atoms with van der Waals surface area (Å²) in [6, 6.07) is 0. The normalized spacial score (nSPS) is 0. The van der Waals surface area contributed by atoms with Gasteiger partial charge in [0.25, 0.3) is 0 Å². The minimum Gasteiger partial charge on any atom is -0.358 e. The minimum atomic E-state index is 0. The summed E-state index contributed by atoms with van der Waals surface area (Å²) in [6.45, 7) is 0. The summed E-state index contributed by atoms with van der Waals surface area (Å²) in [6.07, 6.45) is 0. The molecule has 0 fully saturated rings. The van der Waals surface area contributed by atoms with Gasteiger partial charge in [0.05, 0.1) is 0 Å². The molecule has 0 aromatic carbocycles. The zero-order valence-corrected chi connectivity index (χ0v) is 341. The van der Waals surface area contributed by atoms with Crippen LogP contribution >= 0.6 is 0 Å². The molecule has 102 heavy (non-hydrogen) atoms. The molecule has 99 radical (unpaired) electrons. The van der Waals surface area contributed by atoms with Crippen LogP contribution in [0, 0.1) is 22.3 Å². The largest absolute Gasteiger partial charge is 0.358 e. The third-order valence-corrected chi connectivity index (χ3v) is 0. The zero-order valence-electron chi connectivity index (χ0n) is 60.2. The molecule has 0 heterocycles. The molecule has 99 heteroatoms. The summed E-state index contributed by atoms with van der Waals surface area (Å²) in [4.78, 5) is 0. The SMILES string of the molecule is [CH3-].[CH3-].[CH3-].[Y].[Y].[Y].[Y].[Y].[Y].[Y].[Y].[Y].[Y].[Y].[Y].[Y].[Y].[Y].[Y].[Y].[Y].[Y].[Y].[Y].[Y].[Y].[Y].[Y].[Y].[Y].[Y].[Y].[Y].[Y].[Y].[Y].[Y].[Y].[Y].[Y].[Y].[Y].[Y].[Y].[Y].[Y].[Y].[Y].[Y].[Y].[Y].[Y].[Y].[Y].[Y].[Y].[Y].[Y].[Y].[Y].[Y].[Y].[Y].[Y].[Y].[Y].[Y].[Y].[Y].[Y].[Y].[Y].[Y].[Y].[Y].[Y].[Y].[Y].[Y].[Y].[Y].[Y].[Y].[Y].[Y].[Y].[Y].[Y].[Y].[Y].[Y].[Y].[Y].[Y].[Y].[Y].[Y].[Y].[Y].[Y].[Y].[Y]. The van der Waals surface area contributed by atoms with Crippen LogP contribution in [-0.4, -0.2) is 0 Å². The summed E-state index contributed by atoms with van der Waals surface area (Å²) in [7, 11) is 0. The van der Waals surface area contributed by atoms with Gasteiger partial charge in [-0.1, -0.05) is 0 Å². The molecule has 0 aliphatic heterocycles. The predicted octanol–water partition coefficient (Wildman–Crippen LogP) is 1.10. The van der Waals surface area contributed by atoms with Crippen molar-refractivity contribution in [1.29, 1.82) is 0 Å². The van der Waals surface area contributed by atoms with E-state index in [0.717, 1.165) is 0 Å². The van der Waals surface area contributed by atoms with Crippen LogP contribution < -0.4 is 0 Å². The molecule has 0 saturated carbocycles. The Hall–Kier alpha value is 109. The molecule has 0 aromatic rings. The van der Waals surface area contributed by atoms with Crippen LogP contribution in [0.5, 0.6) is 0 Å². The zero-order chi connectivity index (χ0) is 0. The molecule has 0 unspecified atom stereocenters. The summed E-state index contributed by atoms with van der Waals surface area (Å²) in [5.74, 6) is 0. The van der Waals surface area contributed by atoms with Gasteiger partial charge in [0, 0.05) is 3240 Å². The summed E-state index contributed by atoms with van der Waals surface area (Å²) < 4.78 is 0. The van der Waals surface area contributed by atoms with Crippen LogP contribution in [0.2, 0.25) is 0 Å². The number of rotatable bonds is 0. The first-order valence-electron chi connectivity index (χ1n) is 0. The first-order valence-corrected chi connectivity index (χ1v) is 0. The molecule has 321 valence electrons. The Morgan fingerprint density at radius 1 is 0.0196 bits per heavy atom. The second-order valence-electron chi connectivity index (χ2n) is 0. The molecular weight excluding hydrogens is 8840 g/mol. The van der Waals surface area contributed by atoms with Crippen molar-refractivity contribution in [2.45, 2.75) is 0 Å². The van der Waals surface area contributed by atoms with Gasteiger partial charge >= 0.3 is 0 Å². The Morgan fingerprint density at radius 2 is 0.0196 bits per heavy atom. The summed E-state index contributed by atoms with van der Waals surface area (Å²) in [5.41, 5.74) is 0. The fourth-order valence-electron chi connectivity index (χ4n) is 0. The number of hydrogen-bond acceptors (Lipinski definition) is 0. The van der Waals surface area contributed by atoms with Gasteiger partial charge in [-0.25, -0.2) is 0 Å². The minimum absolute atomic E-state index is 0. The standard InChI is InChI=1S/3CH3.99Y/h3*1H3;;;;;;;;;;;;;;;;;;;;;;;;;;;;;;;;;;;;;;;;;;;;;;;;;;;;;;;;;;;;;;;;;;;;;;;;;;;;;;;;;;;;;;;;;;;;;;;;;;;/q3*-1;;;;;;;;;;;;;;;;;;;;;;;;;;;;;;;;;;;;;;;;;;;;;;;;;;;;;;;;;;;;;;;;;;;;;;;;;;;;;;;;;;;;;;;;;;;;;;;;;;;. The van der Waals surface area contributed by atoms with Gasteiger partial charge in [-0.3, -0.25) is 0 Å². The van der Waals surface area contributed by atoms with E-state index in [-0.39, 0.29) is 3260 Å².